The molecule has 3 N–H and O–H groups in total. The summed E-state index contributed by atoms with van der Waals surface area (Å²) in [5.74, 6) is 0.550. The minimum Gasteiger partial charge on any atom is -0.358 e. The van der Waals surface area contributed by atoms with Crippen LogP contribution in [0.3, 0.4) is 0 Å². The second-order valence-corrected chi connectivity index (χ2v) is 6.15. The van der Waals surface area contributed by atoms with Crippen LogP contribution in [0.25, 0.3) is 10.9 Å². The Kier molecular flexibility index (Phi) is 3.36. The molecule has 0 fully saturated rings. The summed E-state index contributed by atoms with van der Waals surface area (Å²) in [6.45, 7) is 5.19. The largest absolute Gasteiger partial charge is 0.358 e. The van der Waals surface area contributed by atoms with Gasteiger partial charge in [-0.25, -0.2) is 0 Å². The molecule has 0 saturated carbocycles. The summed E-state index contributed by atoms with van der Waals surface area (Å²) in [7, 11) is 0. The van der Waals surface area contributed by atoms with E-state index in [2.05, 4.69) is 31.0 Å². The van der Waals surface area contributed by atoms with Gasteiger partial charge in [0.25, 0.3) is 0 Å². The molecular formula is C17H24N2. The second-order valence-electron chi connectivity index (χ2n) is 6.15. The first-order valence-corrected chi connectivity index (χ1v) is 7.52. The molecule has 0 aliphatic heterocycles. The van der Waals surface area contributed by atoms with Gasteiger partial charge in [0, 0.05) is 16.6 Å². The molecule has 2 heteroatoms. The first-order chi connectivity index (χ1) is 9.19. The summed E-state index contributed by atoms with van der Waals surface area (Å²) in [6.07, 6.45) is 6.27. The number of fused-ring (bicyclic) bond motifs is 2. The molecule has 0 spiro atoms. The van der Waals surface area contributed by atoms with E-state index in [1.54, 1.807) is 11.1 Å². The molecule has 2 nitrogen and oxygen atoms in total. The van der Waals surface area contributed by atoms with Crippen LogP contribution < -0.4 is 5.73 Å². The van der Waals surface area contributed by atoms with Gasteiger partial charge in [-0.3, -0.25) is 0 Å². The van der Waals surface area contributed by atoms with Crippen molar-refractivity contribution in [3.63, 3.8) is 0 Å². The van der Waals surface area contributed by atoms with Crippen molar-refractivity contribution in [2.24, 2.45) is 11.7 Å². The van der Waals surface area contributed by atoms with Gasteiger partial charge in [0.2, 0.25) is 0 Å². The molecule has 1 aliphatic rings. The third-order valence-electron chi connectivity index (χ3n) is 4.54. The Labute approximate surface area is 115 Å². The molecule has 102 valence electrons. The Morgan fingerprint density at radius 1 is 1.21 bits per heavy atom. The topological polar surface area (TPSA) is 41.8 Å². The van der Waals surface area contributed by atoms with Crippen molar-refractivity contribution in [3.8, 4) is 0 Å². The number of aromatic nitrogens is 1. The van der Waals surface area contributed by atoms with E-state index in [0.29, 0.717) is 5.92 Å². The number of nitrogens with one attached hydrogen (secondary N) is 1. The molecule has 3 rings (SSSR count). The number of hydrogen-bond acceptors (Lipinski definition) is 1. The lowest BCUT2D eigenvalue weighted by molar-refractivity contribution is 0.593. The molecule has 1 unspecified atom stereocenters. The molecule has 2 aromatic rings. The summed E-state index contributed by atoms with van der Waals surface area (Å²) < 4.78 is 0. The maximum Gasteiger partial charge on any atom is 0.0461 e. The van der Waals surface area contributed by atoms with Crippen molar-refractivity contribution in [2.45, 2.75) is 46.0 Å². The summed E-state index contributed by atoms with van der Waals surface area (Å²) in [6, 6.07) is 4.82. The first kappa shape index (κ1) is 12.7. The molecule has 1 aromatic carbocycles. The minimum absolute atomic E-state index is 0.550. The number of aromatic amines is 1. The Morgan fingerprint density at radius 2 is 1.89 bits per heavy atom. The van der Waals surface area contributed by atoms with E-state index in [-0.39, 0.29) is 0 Å². The maximum atomic E-state index is 5.78. The zero-order valence-electron chi connectivity index (χ0n) is 12.1. The number of hydrogen-bond donors (Lipinski definition) is 2. The quantitative estimate of drug-likeness (QED) is 0.867. The Bertz CT molecular complexity index is 595. The zero-order chi connectivity index (χ0) is 13.4. The van der Waals surface area contributed by atoms with Crippen LogP contribution in [0.2, 0.25) is 0 Å². The average Bonchev–Trinajstić information content (AvgIpc) is 2.72. The Morgan fingerprint density at radius 3 is 2.58 bits per heavy atom. The van der Waals surface area contributed by atoms with Crippen LogP contribution in [0.5, 0.6) is 0 Å². The normalized spacial score (nSPS) is 16.6. The van der Waals surface area contributed by atoms with Gasteiger partial charge in [-0.15, -0.1) is 0 Å². The van der Waals surface area contributed by atoms with Crippen LogP contribution in [-0.4, -0.2) is 11.5 Å². The van der Waals surface area contributed by atoms with Gasteiger partial charge in [0.05, 0.1) is 0 Å². The van der Waals surface area contributed by atoms with E-state index in [0.717, 1.165) is 13.0 Å². The van der Waals surface area contributed by atoms with Crippen LogP contribution >= 0.6 is 0 Å². The fourth-order valence-electron chi connectivity index (χ4n) is 3.31. The predicted molar refractivity (Wildman–Crippen MR) is 81.6 cm³/mol. The van der Waals surface area contributed by atoms with Crippen molar-refractivity contribution in [3.05, 3.63) is 34.5 Å². The predicted octanol–water partition coefficient (Wildman–Crippen LogP) is 3.49. The van der Waals surface area contributed by atoms with Crippen LogP contribution in [0, 0.1) is 12.8 Å². The summed E-state index contributed by atoms with van der Waals surface area (Å²) in [5.41, 5.74) is 13.0. The molecule has 0 radical (unpaired) electrons. The van der Waals surface area contributed by atoms with Gasteiger partial charge in [0.15, 0.2) is 0 Å². The number of benzene rings is 1. The third-order valence-corrected chi connectivity index (χ3v) is 4.54. The van der Waals surface area contributed by atoms with E-state index >= 15 is 0 Å². The van der Waals surface area contributed by atoms with Crippen molar-refractivity contribution >= 4 is 10.9 Å². The zero-order valence-corrected chi connectivity index (χ0v) is 12.1. The lowest BCUT2D eigenvalue weighted by atomic mass is 9.89. The Balaban J connectivity index is 2.09. The van der Waals surface area contributed by atoms with Gasteiger partial charge in [0.1, 0.15) is 0 Å². The standard InChI is InChI=1S/C17H24N2/c1-11(10-18)7-15-12(2)19-17-9-14-6-4-3-5-13(14)8-16(15)17/h8-9,11,19H,3-7,10,18H2,1-2H3. The second kappa shape index (κ2) is 5.01. The number of H-pyrrole nitrogens is 1. The summed E-state index contributed by atoms with van der Waals surface area (Å²) >= 11 is 0. The highest BCUT2D eigenvalue weighted by atomic mass is 14.7. The molecule has 1 aliphatic carbocycles. The average molecular weight is 256 g/mol. The van der Waals surface area contributed by atoms with Crippen LogP contribution in [0.1, 0.15) is 42.1 Å². The number of aryl methyl sites for hydroxylation is 3. The highest BCUT2D eigenvalue weighted by molar-refractivity contribution is 5.86. The lowest BCUT2D eigenvalue weighted by Crippen LogP contribution is -2.13. The van der Waals surface area contributed by atoms with Gasteiger partial charge in [-0.2, -0.15) is 0 Å². The van der Waals surface area contributed by atoms with E-state index < -0.39 is 0 Å². The van der Waals surface area contributed by atoms with Gasteiger partial charge in [-0.1, -0.05) is 6.92 Å². The third kappa shape index (κ3) is 2.30. The van der Waals surface area contributed by atoms with Crippen molar-refractivity contribution in [1.29, 1.82) is 0 Å². The monoisotopic (exact) mass is 256 g/mol. The van der Waals surface area contributed by atoms with Crippen molar-refractivity contribution < 1.29 is 0 Å². The smallest absolute Gasteiger partial charge is 0.0461 e. The van der Waals surface area contributed by atoms with Gasteiger partial charge < -0.3 is 10.7 Å². The molecule has 0 bridgehead atoms. The van der Waals surface area contributed by atoms with Crippen molar-refractivity contribution in [2.75, 3.05) is 6.54 Å². The van der Waals surface area contributed by atoms with Crippen LogP contribution in [-0.2, 0) is 19.3 Å². The molecule has 1 atom stereocenters. The Hall–Kier alpha value is -1.28. The molecule has 1 heterocycles. The van der Waals surface area contributed by atoms with Gasteiger partial charge in [-0.05, 0) is 80.3 Å². The highest BCUT2D eigenvalue weighted by Gasteiger charge is 2.15. The van der Waals surface area contributed by atoms with E-state index in [1.165, 1.54) is 47.8 Å². The fourth-order valence-corrected chi connectivity index (χ4v) is 3.31. The van der Waals surface area contributed by atoms with E-state index in [9.17, 15) is 0 Å². The minimum atomic E-state index is 0.550. The molecular weight excluding hydrogens is 232 g/mol. The van der Waals surface area contributed by atoms with E-state index in [4.69, 9.17) is 5.73 Å². The summed E-state index contributed by atoms with van der Waals surface area (Å²) in [4.78, 5) is 3.57. The SMILES string of the molecule is Cc1[nH]c2cc3c(cc2c1CC(C)CN)CCCC3. The molecule has 1 aromatic heterocycles. The first-order valence-electron chi connectivity index (χ1n) is 7.52. The fraction of sp³-hybridized carbons (Fsp3) is 0.529. The number of rotatable bonds is 3. The molecule has 0 amide bonds. The molecule has 0 saturated heterocycles. The number of nitrogens with two attached hydrogens (primary N) is 1. The summed E-state index contributed by atoms with van der Waals surface area (Å²) in [5, 5.41) is 1.43. The lowest BCUT2D eigenvalue weighted by Gasteiger charge is -2.16. The highest BCUT2D eigenvalue weighted by Crippen LogP contribution is 2.30. The molecule has 19 heavy (non-hydrogen) atoms. The maximum absolute atomic E-state index is 5.78. The van der Waals surface area contributed by atoms with Crippen molar-refractivity contribution in [1.82, 2.24) is 4.98 Å². The van der Waals surface area contributed by atoms with Gasteiger partial charge >= 0.3 is 0 Å². The van der Waals surface area contributed by atoms with Crippen LogP contribution in [0.4, 0.5) is 0 Å². The van der Waals surface area contributed by atoms with Crippen LogP contribution in [0.15, 0.2) is 12.1 Å². The van der Waals surface area contributed by atoms with E-state index in [1.807, 2.05) is 0 Å².